The minimum Gasteiger partial charge on any atom is -0.205 e. The molecule has 0 aromatic heterocycles. The van der Waals surface area contributed by atoms with E-state index >= 15 is 0 Å². The molecule has 2 aromatic carbocycles. The van der Waals surface area contributed by atoms with Crippen molar-refractivity contribution in [3.63, 3.8) is 0 Å². The monoisotopic (exact) mass is 413 g/mol. The summed E-state index contributed by atoms with van der Waals surface area (Å²) < 4.78 is 102. The van der Waals surface area contributed by atoms with Crippen LogP contribution in [-0.4, -0.2) is 25.4 Å². The van der Waals surface area contributed by atoms with E-state index in [1.54, 1.807) is 0 Å². The molecule has 0 fully saturated rings. The minimum atomic E-state index is -5.53. The maximum absolute atomic E-state index is 13.0. The predicted molar refractivity (Wildman–Crippen MR) is 82.5 cm³/mol. The van der Waals surface area contributed by atoms with Crippen molar-refractivity contribution >= 4 is 10.0 Å². The zero-order chi connectivity index (χ0) is 20.3. The van der Waals surface area contributed by atoms with Gasteiger partial charge in [0, 0.05) is 0 Å². The van der Waals surface area contributed by atoms with Crippen LogP contribution in [0.25, 0.3) is 0 Å². The highest BCUT2D eigenvalue weighted by Gasteiger charge is 2.47. The van der Waals surface area contributed by atoms with E-state index < -0.39 is 44.4 Å². The van der Waals surface area contributed by atoms with Gasteiger partial charge >= 0.3 is 12.5 Å². The number of halogens is 6. The molecule has 0 bridgehead atoms. The SMILES string of the molecule is O=S(=O)(c1ccccc1)N(OC(F)(F)F)C(CC(F)(F)F)c1ccccc1. The van der Waals surface area contributed by atoms with Crippen molar-refractivity contribution in [2.75, 3.05) is 0 Å². The third-order valence-corrected chi connectivity index (χ3v) is 5.01. The molecule has 0 spiro atoms. The molecule has 148 valence electrons. The molecule has 4 nitrogen and oxygen atoms in total. The van der Waals surface area contributed by atoms with Crippen LogP contribution in [0.15, 0.2) is 65.6 Å². The van der Waals surface area contributed by atoms with Gasteiger partial charge in [0.2, 0.25) is 0 Å². The fourth-order valence-corrected chi connectivity index (χ4v) is 3.71. The van der Waals surface area contributed by atoms with Gasteiger partial charge in [-0.05, 0) is 17.7 Å². The zero-order valence-corrected chi connectivity index (χ0v) is 14.2. The second-order valence-electron chi connectivity index (χ2n) is 5.36. The molecule has 0 saturated heterocycles. The number of hydrogen-bond donors (Lipinski definition) is 0. The first kappa shape index (κ1) is 21.2. The van der Waals surface area contributed by atoms with Crippen LogP contribution in [0.3, 0.4) is 0 Å². The van der Waals surface area contributed by atoms with Crippen molar-refractivity contribution < 1.29 is 39.6 Å². The van der Waals surface area contributed by atoms with Crippen molar-refractivity contribution in [3.8, 4) is 0 Å². The van der Waals surface area contributed by atoms with Crippen molar-refractivity contribution in [2.45, 2.75) is 29.9 Å². The van der Waals surface area contributed by atoms with Crippen LogP contribution < -0.4 is 0 Å². The fraction of sp³-hybridized carbons (Fsp3) is 0.250. The Bertz CT molecular complexity index is 838. The Kier molecular flexibility index (Phi) is 6.17. The quantitative estimate of drug-likeness (QED) is 0.504. The van der Waals surface area contributed by atoms with E-state index in [-0.39, 0.29) is 5.56 Å². The number of hydrogen-bond acceptors (Lipinski definition) is 3. The molecule has 0 amide bonds. The molecule has 0 aliphatic heterocycles. The highest BCUT2D eigenvalue weighted by atomic mass is 32.2. The lowest BCUT2D eigenvalue weighted by Gasteiger charge is -2.31. The number of rotatable bonds is 6. The Labute approximate surface area is 151 Å². The van der Waals surface area contributed by atoms with Gasteiger partial charge < -0.3 is 0 Å². The Morgan fingerprint density at radius 2 is 1.33 bits per heavy atom. The fourth-order valence-electron chi connectivity index (χ4n) is 2.29. The maximum Gasteiger partial charge on any atom is 0.540 e. The van der Waals surface area contributed by atoms with Crippen LogP contribution in [0.4, 0.5) is 26.3 Å². The Hall–Kier alpha value is -2.11. The molecule has 11 heteroatoms. The Balaban J connectivity index is 2.61. The van der Waals surface area contributed by atoms with Gasteiger partial charge in [0.1, 0.15) is 0 Å². The van der Waals surface area contributed by atoms with E-state index in [4.69, 9.17) is 0 Å². The van der Waals surface area contributed by atoms with E-state index in [9.17, 15) is 34.8 Å². The Morgan fingerprint density at radius 1 is 0.852 bits per heavy atom. The van der Waals surface area contributed by atoms with Crippen LogP contribution >= 0.6 is 0 Å². The molecule has 2 rings (SSSR count). The zero-order valence-electron chi connectivity index (χ0n) is 13.4. The van der Waals surface area contributed by atoms with Crippen LogP contribution in [0.2, 0.25) is 0 Å². The summed E-state index contributed by atoms with van der Waals surface area (Å²) in [5.41, 5.74) is -0.307. The van der Waals surface area contributed by atoms with Gasteiger partial charge in [-0.25, -0.2) is 8.42 Å². The number of nitrogens with zero attached hydrogens (tertiary/aromatic N) is 1. The minimum absolute atomic E-state index is 0.307. The van der Waals surface area contributed by atoms with Gasteiger partial charge in [0.05, 0.1) is 17.4 Å². The second kappa shape index (κ2) is 7.87. The summed E-state index contributed by atoms with van der Waals surface area (Å²) >= 11 is 0. The summed E-state index contributed by atoms with van der Waals surface area (Å²) in [5, 5.41) is 0. The molecule has 27 heavy (non-hydrogen) atoms. The average molecular weight is 413 g/mol. The van der Waals surface area contributed by atoms with Crippen LogP contribution in [0.1, 0.15) is 18.0 Å². The van der Waals surface area contributed by atoms with Crippen molar-refractivity contribution in [1.29, 1.82) is 0 Å². The van der Waals surface area contributed by atoms with E-state index in [0.29, 0.717) is 0 Å². The van der Waals surface area contributed by atoms with Gasteiger partial charge in [0.15, 0.2) is 0 Å². The van der Waals surface area contributed by atoms with E-state index in [2.05, 4.69) is 4.84 Å². The molecule has 0 N–H and O–H groups in total. The van der Waals surface area contributed by atoms with Crippen LogP contribution in [0, 0.1) is 0 Å². The predicted octanol–water partition coefficient (Wildman–Crippen LogP) is 4.82. The summed E-state index contributed by atoms with van der Waals surface area (Å²) in [7, 11) is -5.06. The second-order valence-corrected chi connectivity index (χ2v) is 7.14. The third kappa shape index (κ3) is 5.94. The molecule has 0 saturated carbocycles. The highest BCUT2D eigenvalue weighted by Crippen LogP contribution is 2.39. The molecular formula is C16H13F6NO3S. The van der Waals surface area contributed by atoms with Gasteiger partial charge in [0.25, 0.3) is 10.0 Å². The number of alkyl halides is 6. The van der Waals surface area contributed by atoms with Crippen LogP contribution in [0.5, 0.6) is 0 Å². The lowest BCUT2D eigenvalue weighted by atomic mass is 10.0. The first-order valence-electron chi connectivity index (χ1n) is 7.37. The van der Waals surface area contributed by atoms with E-state index in [1.165, 1.54) is 36.4 Å². The third-order valence-electron chi connectivity index (χ3n) is 3.34. The summed E-state index contributed by atoms with van der Waals surface area (Å²) in [6, 6.07) is 9.63. The van der Waals surface area contributed by atoms with Crippen molar-refractivity contribution in [1.82, 2.24) is 4.47 Å². The largest absolute Gasteiger partial charge is 0.540 e. The molecule has 1 unspecified atom stereocenters. The van der Waals surface area contributed by atoms with E-state index in [0.717, 1.165) is 24.3 Å². The molecule has 0 aliphatic rings. The van der Waals surface area contributed by atoms with Crippen LogP contribution in [-0.2, 0) is 14.9 Å². The van der Waals surface area contributed by atoms with Gasteiger partial charge in [-0.3, -0.25) is 0 Å². The van der Waals surface area contributed by atoms with Gasteiger partial charge in [-0.1, -0.05) is 53.0 Å². The summed E-state index contributed by atoms with van der Waals surface area (Å²) in [4.78, 5) is 2.92. The van der Waals surface area contributed by atoms with Crippen molar-refractivity contribution in [3.05, 3.63) is 66.2 Å². The summed E-state index contributed by atoms with van der Waals surface area (Å²) in [6.45, 7) is 0. The van der Waals surface area contributed by atoms with Gasteiger partial charge in [-0.2, -0.15) is 18.0 Å². The molecule has 2 aromatic rings. The molecule has 0 radical (unpaired) electrons. The number of sulfonamides is 1. The summed E-state index contributed by atoms with van der Waals surface area (Å²) in [5.74, 6) is 0. The van der Waals surface area contributed by atoms with Crippen molar-refractivity contribution in [2.24, 2.45) is 0 Å². The topological polar surface area (TPSA) is 46.6 Å². The molecule has 0 heterocycles. The molecular weight excluding hydrogens is 400 g/mol. The standard InChI is InChI=1S/C16H13F6NO3S/c17-15(18,19)11-14(12-7-3-1-4-8-12)23(26-16(20,21)22)27(24,25)13-9-5-2-6-10-13/h1-10,14H,11H2. The maximum atomic E-state index is 13.0. The van der Waals surface area contributed by atoms with Gasteiger partial charge in [-0.15, -0.1) is 13.2 Å². The molecule has 0 aliphatic carbocycles. The summed E-state index contributed by atoms with van der Waals surface area (Å²) in [6.07, 6.45) is -12.4. The highest BCUT2D eigenvalue weighted by molar-refractivity contribution is 7.89. The number of benzene rings is 2. The smallest absolute Gasteiger partial charge is 0.205 e. The molecule has 1 atom stereocenters. The number of hydroxylamine groups is 1. The lowest BCUT2D eigenvalue weighted by Crippen LogP contribution is -2.41. The first-order chi connectivity index (χ1) is 12.4. The normalized spacial score (nSPS) is 14.3. The Morgan fingerprint density at radius 3 is 1.78 bits per heavy atom. The lowest BCUT2D eigenvalue weighted by molar-refractivity contribution is -0.400. The first-order valence-corrected chi connectivity index (χ1v) is 8.81. The van der Waals surface area contributed by atoms with E-state index in [1.807, 2.05) is 0 Å². The average Bonchev–Trinajstić information content (AvgIpc) is 2.58.